The zero-order chi connectivity index (χ0) is 41.7. The van der Waals surface area contributed by atoms with Crippen LogP contribution in [0.5, 0.6) is 5.75 Å². The predicted octanol–water partition coefficient (Wildman–Crippen LogP) is 4.74. The Kier molecular flexibility index (Phi) is 10.6. The van der Waals surface area contributed by atoms with Gasteiger partial charge in [-0.1, -0.05) is 33.8 Å². The summed E-state index contributed by atoms with van der Waals surface area (Å²) in [5.74, 6) is -2.48. The van der Waals surface area contributed by atoms with E-state index in [9.17, 15) is 37.1 Å². The van der Waals surface area contributed by atoms with Crippen molar-refractivity contribution < 1.29 is 41.9 Å². The lowest BCUT2D eigenvalue weighted by Gasteiger charge is -2.63. The maximum Gasteiger partial charge on any atom is 0.417 e. The van der Waals surface area contributed by atoms with Crippen molar-refractivity contribution in [3.05, 3.63) is 88.2 Å². The van der Waals surface area contributed by atoms with E-state index < -0.39 is 63.9 Å². The lowest BCUT2D eigenvalue weighted by molar-refractivity contribution is -0.164. The normalized spacial score (nSPS) is 22.8. The van der Waals surface area contributed by atoms with Gasteiger partial charge in [-0.3, -0.25) is 44.1 Å². The number of ether oxygens (including phenoxy) is 1. The molecule has 1 aliphatic carbocycles. The average Bonchev–Trinajstić information content (AvgIpc) is 3.43. The number of anilines is 1. The van der Waals surface area contributed by atoms with Gasteiger partial charge in [0.15, 0.2) is 0 Å². The lowest BCUT2D eigenvalue weighted by Crippen LogP contribution is -2.74. The summed E-state index contributed by atoms with van der Waals surface area (Å²) in [7, 11) is 0. The van der Waals surface area contributed by atoms with Crippen LogP contribution in [0.1, 0.15) is 94.9 Å². The minimum Gasteiger partial charge on any atom is -0.489 e. The van der Waals surface area contributed by atoms with Gasteiger partial charge in [0.25, 0.3) is 17.7 Å². The second kappa shape index (κ2) is 15.2. The van der Waals surface area contributed by atoms with Crippen LogP contribution in [0.4, 0.5) is 18.9 Å². The first-order valence-electron chi connectivity index (χ1n) is 19.3. The molecule has 3 aliphatic heterocycles. The van der Waals surface area contributed by atoms with Gasteiger partial charge in [-0.2, -0.15) is 18.4 Å². The molecular formula is C42H44F3N7O6. The molecule has 16 heteroatoms. The van der Waals surface area contributed by atoms with E-state index in [-0.39, 0.29) is 47.4 Å². The Balaban J connectivity index is 0.871. The Morgan fingerprint density at radius 3 is 2.31 bits per heavy atom. The molecular weight excluding hydrogens is 755 g/mol. The largest absolute Gasteiger partial charge is 0.489 e. The summed E-state index contributed by atoms with van der Waals surface area (Å²) in [6.07, 6.45) is -1.75. The highest BCUT2D eigenvalue weighted by molar-refractivity contribution is 6.23. The molecule has 1 aromatic heterocycles. The molecule has 3 fully saturated rings. The minimum absolute atomic E-state index is 0.00192. The number of hydrogen-bond donors (Lipinski definition) is 2. The van der Waals surface area contributed by atoms with Gasteiger partial charge in [0, 0.05) is 61.4 Å². The number of rotatable bonds is 10. The molecule has 4 heterocycles. The van der Waals surface area contributed by atoms with Crippen LogP contribution in [0, 0.1) is 22.2 Å². The van der Waals surface area contributed by atoms with Gasteiger partial charge in [-0.25, -0.2) is 0 Å². The highest BCUT2D eigenvalue weighted by Crippen LogP contribution is 2.55. The number of amides is 5. The van der Waals surface area contributed by atoms with E-state index in [4.69, 9.17) is 10.00 Å². The molecule has 5 amide bonds. The molecule has 0 radical (unpaired) electrons. The van der Waals surface area contributed by atoms with Gasteiger partial charge < -0.3 is 15.0 Å². The van der Waals surface area contributed by atoms with Crippen molar-refractivity contribution in [1.82, 2.24) is 25.4 Å². The number of nitrogens with one attached hydrogen (secondary N) is 2. The number of pyridine rings is 1. The van der Waals surface area contributed by atoms with E-state index in [1.165, 1.54) is 6.07 Å². The molecule has 4 aliphatic rings. The molecule has 2 saturated heterocycles. The number of aromatic nitrogens is 1. The Morgan fingerprint density at radius 1 is 0.966 bits per heavy atom. The van der Waals surface area contributed by atoms with Crippen LogP contribution < -0.4 is 20.3 Å². The quantitative estimate of drug-likeness (QED) is 0.274. The Labute approximate surface area is 333 Å². The molecule has 1 unspecified atom stereocenters. The second-order valence-electron chi connectivity index (χ2n) is 16.5. The van der Waals surface area contributed by atoms with E-state index in [2.05, 4.69) is 25.4 Å². The van der Waals surface area contributed by atoms with Gasteiger partial charge in [0.1, 0.15) is 23.6 Å². The number of hydrogen-bond acceptors (Lipinski definition) is 10. The van der Waals surface area contributed by atoms with Crippen LogP contribution in [0.25, 0.3) is 0 Å². The second-order valence-corrected chi connectivity index (χ2v) is 16.5. The van der Waals surface area contributed by atoms with Gasteiger partial charge in [-0.15, -0.1) is 0 Å². The fourth-order valence-corrected chi connectivity index (χ4v) is 9.17. The van der Waals surface area contributed by atoms with Crippen LogP contribution in [-0.2, 0) is 22.2 Å². The molecule has 3 aromatic rings. The van der Waals surface area contributed by atoms with E-state index in [1.54, 1.807) is 30.5 Å². The van der Waals surface area contributed by atoms with Crippen LogP contribution >= 0.6 is 0 Å². The van der Waals surface area contributed by atoms with Crippen LogP contribution in [-0.4, -0.2) is 95.2 Å². The van der Waals surface area contributed by atoms with Crippen molar-refractivity contribution in [3.8, 4) is 11.8 Å². The standard InChI is InChI=1S/C42H44F3N7O6/c1-40(2)38(41(3,4)39(40)58-27-10-8-25(22-46)30(21-27)42(43,44)45)49-34(54)31-12-7-24(23-47-31)6-5-15-50-16-18-51(19-17-50)26-9-11-28-29(20-26)37(57)52(36(28)56)32-13-14-33(53)48-35(32)55/h7-12,20-21,23,32,38-39H,5-6,13-19H2,1-4H3,(H,49,54)(H,48,53,55). The third-order valence-corrected chi connectivity index (χ3v) is 11.9. The molecule has 0 bridgehead atoms. The Hall–Kier alpha value is -5.82. The van der Waals surface area contributed by atoms with E-state index in [0.717, 1.165) is 73.8 Å². The zero-order valence-corrected chi connectivity index (χ0v) is 32.6. The summed E-state index contributed by atoms with van der Waals surface area (Å²) in [5, 5.41) is 14.4. The van der Waals surface area contributed by atoms with E-state index in [0.29, 0.717) is 0 Å². The molecule has 13 nitrogen and oxygen atoms in total. The lowest BCUT2D eigenvalue weighted by atomic mass is 9.49. The molecule has 2 N–H and O–H groups in total. The van der Waals surface area contributed by atoms with E-state index in [1.807, 2.05) is 39.8 Å². The third kappa shape index (κ3) is 7.50. The number of aryl methyl sites for hydroxylation is 1. The molecule has 0 spiro atoms. The van der Waals surface area contributed by atoms with E-state index >= 15 is 0 Å². The molecule has 1 saturated carbocycles. The molecule has 58 heavy (non-hydrogen) atoms. The number of piperazine rings is 1. The van der Waals surface area contributed by atoms with Crippen LogP contribution in [0.2, 0.25) is 0 Å². The third-order valence-electron chi connectivity index (χ3n) is 11.9. The topological polar surface area (TPSA) is 165 Å². The maximum absolute atomic E-state index is 13.6. The fraction of sp³-hybridized carbons (Fsp3) is 0.452. The number of piperidine rings is 1. The minimum atomic E-state index is -4.71. The van der Waals surface area contributed by atoms with Crippen LogP contribution in [0.3, 0.4) is 0 Å². The number of fused-ring (bicyclic) bond motifs is 1. The molecule has 2 aromatic carbocycles. The number of nitrogens with zero attached hydrogens (tertiary/aromatic N) is 5. The number of nitriles is 1. The summed E-state index contributed by atoms with van der Waals surface area (Å²) in [6.45, 7) is 11.4. The van der Waals surface area contributed by atoms with Crippen molar-refractivity contribution in [1.29, 1.82) is 5.26 Å². The van der Waals surface area contributed by atoms with Crippen molar-refractivity contribution in [2.24, 2.45) is 10.8 Å². The smallest absolute Gasteiger partial charge is 0.417 e. The predicted molar refractivity (Wildman–Crippen MR) is 204 cm³/mol. The van der Waals surface area contributed by atoms with Gasteiger partial charge in [-0.05, 0) is 73.8 Å². The first kappa shape index (κ1) is 40.4. The zero-order valence-electron chi connectivity index (χ0n) is 32.6. The monoisotopic (exact) mass is 799 g/mol. The summed E-state index contributed by atoms with van der Waals surface area (Å²) in [6, 6.07) is 12.2. The van der Waals surface area contributed by atoms with Crippen LogP contribution in [0.15, 0.2) is 54.7 Å². The first-order chi connectivity index (χ1) is 27.4. The van der Waals surface area contributed by atoms with Gasteiger partial charge >= 0.3 is 6.18 Å². The van der Waals surface area contributed by atoms with Crippen molar-refractivity contribution in [2.75, 3.05) is 37.6 Å². The molecule has 304 valence electrons. The Morgan fingerprint density at radius 2 is 1.67 bits per heavy atom. The summed E-state index contributed by atoms with van der Waals surface area (Å²) in [5.41, 5.74) is -0.252. The SMILES string of the molecule is CC1(C)C(NC(=O)c2ccc(CCCN3CCN(c4ccc5c(c4)C(=O)N(C4CCC(=O)NC4=O)C5=O)CC3)cn2)C(C)(C)C1Oc1ccc(C#N)c(C(F)(F)F)c1. The van der Waals surface area contributed by atoms with Crippen molar-refractivity contribution in [2.45, 2.75) is 77.7 Å². The van der Waals surface area contributed by atoms with Crippen molar-refractivity contribution in [3.63, 3.8) is 0 Å². The molecule has 7 rings (SSSR count). The number of benzene rings is 2. The number of carbonyl (C=O) groups excluding carboxylic acids is 5. The highest BCUT2D eigenvalue weighted by atomic mass is 19.4. The number of carbonyl (C=O) groups is 5. The van der Waals surface area contributed by atoms with Gasteiger partial charge in [0.2, 0.25) is 11.8 Å². The first-order valence-corrected chi connectivity index (χ1v) is 19.3. The summed E-state index contributed by atoms with van der Waals surface area (Å²) in [4.78, 5) is 73.6. The fourth-order valence-electron chi connectivity index (χ4n) is 9.17. The number of alkyl halides is 3. The summed E-state index contributed by atoms with van der Waals surface area (Å²) < 4.78 is 46.8. The highest BCUT2D eigenvalue weighted by Gasteiger charge is 2.64. The number of imide groups is 2. The Bertz CT molecular complexity index is 2190. The molecule has 1 atom stereocenters. The average molecular weight is 800 g/mol. The maximum atomic E-state index is 13.6. The van der Waals surface area contributed by atoms with Crippen molar-refractivity contribution >= 4 is 35.2 Å². The summed E-state index contributed by atoms with van der Waals surface area (Å²) >= 11 is 0. The number of halogens is 3. The van der Waals surface area contributed by atoms with Gasteiger partial charge in [0.05, 0.1) is 28.3 Å².